The Labute approximate surface area is 68.7 Å². The van der Waals surface area contributed by atoms with Crippen LogP contribution in [0.5, 0.6) is 0 Å². The third-order valence-electron chi connectivity index (χ3n) is 1.23. The van der Waals surface area contributed by atoms with Crippen molar-refractivity contribution in [3.8, 4) is 0 Å². The van der Waals surface area contributed by atoms with Crippen LogP contribution in [-0.4, -0.2) is 6.54 Å². The summed E-state index contributed by atoms with van der Waals surface area (Å²) in [5, 5.41) is 3.17. The molecule has 1 aromatic rings. The normalized spacial score (nSPS) is 10.2. The summed E-state index contributed by atoms with van der Waals surface area (Å²) in [6.07, 6.45) is 1.68. The molecule has 0 radical (unpaired) electrons. The molecule has 0 unspecified atom stereocenters. The highest BCUT2D eigenvalue weighted by Gasteiger charge is 1.99. The van der Waals surface area contributed by atoms with Crippen molar-refractivity contribution in [2.45, 2.75) is 13.5 Å². The molecule has 1 heterocycles. The first-order valence-corrected chi connectivity index (χ1v) is 4.06. The highest BCUT2D eigenvalue weighted by molar-refractivity contribution is 9.10. The fourth-order valence-corrected chi connectivity index (χ4v) is 1.03. The first-order chi connectivity index (χ1) is 4.84. The molecule has 0 aliphatic carbocycles. The summed E-state index contributed by atoms with van der Waals surface area (Å²) in [6.45, 7) is 3.83. The lowest BCUT2D eigenvalue weighted by atomic mass is 10.4. The average Bonchev–Trinajstić information content (AvgIpc) is 2.31. The van der Waals surface area contributed by atoms with Gasteiger partial charge in [0.05, 0.1) is 17.3 Å². The Morgan fingerprint density at radius 2 is 2.50 bits per heavy atom. The summed E-state index contributed by atoms with van der Waals surface area (Å²) in [4.78, 5) is 0. The maximum absolute atomic E-state index is 5.16. The van der Waals surface area contributed by atoms with Crippen molar-refractivity contribution in [1.82, 2.24) is 5.32 Å². The van der Waals surface area contributed by atoms with Crippen LogP contribution in [0.3, 0.4) is 0 Å². The van der Waals surface area contributed by atoms with Gasteiger partial charge in [-0.25, -0.2) is 0 Å². The molecule has 1 aromatic heterocycles. The van der Waals surface area contributed by atoms with E-state index >= 15 is 0 Å². The average molecular weight is 204 g/mol. The highest BCUT2D eigenvalue weighted by atomic mass is 79.9. The third-order valence-corrected chi connectivity index (χ3v) is 1.93. The van der Waals surface area contributed by atoms with Crippen molar-refractivity contribution in [3.63, 3.8) is 0 Å². The number of nitrogens with one attached hydrogen (secondary N) is 1. The lowest BCUT2D eigenvalue weighted by Crippen LogP contribution is -2.11. The van der Waals surface area contributed by atoms with Crippen molar-refractivity contribution in [3.05, 3.63) is 22.6 Å². The molecule has 1 rings (SSSR count). The van der Waals surface area contributed by atoms with E-state index in [1.165, 1.54) is 0 Å². The highest BCUT2D eigenvalue weighted by Crippen LogP contribution is 2.16. The predicted octanol–water partition coefficient (Wildman–Crippen LogP) is 2.15. The molecule has 0 bridgehead atoms. The van der Waals surface area contributed by atoms with E-state index in [9.17, 15) is 0 Å². The molecule has 0 aromatic carbocycles. The van der Waals surface area contributed by atoms with Crippen molar-refractivity contribution in [1.29, 1.82) is 0 Å². The van der Waals surface area contributed by atoms with Crippen LogP contribution < -0.4 is 5.32 Å². The monoisotopic (exact) mass is 203 g/mol. The van der Waals surface area contributed by atoms with E-state index in [4.69, 9.17) is 4.42 Å². The molecule has 0 spiro atoms. The molecule has 0 atom stereocenters. The second kappa shape index (κ2) is 3.78. The molecule has 0 saturated heterocycles. The summed E-state index contributed by atoms with van der Waals surface area (Å²) in [5.41, 5.74) is 0. The lowest BCUT2D eigenvalue weighted by Gasteiger charge is -1.96. The Bertz CT molecular complexity index is 197. The predicted molar refractivity (Wildman–Crippen MR) is 43.8 cm³/mol. The van der Waals surface area contributed by atoms with Gasteiger partial charge in [-0.2, -0.15) is 0 Å². The van der Waals surface area contributed by atoms with Crippen LogP contribution in [0.2, 0.25) is 0 Å². The van der Waals surface area contributed by atoms with Crippen LogP contribution in [0.4, 0.5) is 0 Å². The second-order valence-electron chi connectivity index (χ2n) is 1.97. The van der Waals surface area contributed by atoms with Gasteiger partial charge in [0.1, 0.15) is 5.76 Å². The Hall–Kier alpha value is -0.280. The molecule has 0 saturated carbocycles. The summed E-state index contributed by atoms with van der Waals surface area (Å²) >= 11 is 3.36. The SMILES string of the molecule is CCNCc1occc1Br. The van der Waals surface area contributed by atoms with E-state index < -0.39 is 0 Å². The van der Waals surface area contributed by atoms with Gasteiger partial charge in [0, 0.05) is 0 Å². The van der Waals surface area contributed by atoms with E-state index in [0.29, 0.717) is 0 Å². The van der Waals surface area contributed by atoms with E-state index in [0.717, 1.165) is 23.3 Å². The summed E-state index contributed by atoms with van der Waals surface area (Å²) < 4.78 is 6.19. The van der Waals surface area contributed by atoms with Crippen LogP contribution >= 0.6 is 15.9 Å². The van der Waals surface area contributed by atoms with Crippen LogP contribution in [0.1, 0.15) is 12.7 Å². The number of halogens is 1. The fourth-order valence-electron chi connectivity index (χ4n) is 0.690. The smallest absolute Gasteiger partial charge is 0.131 e. The fraction of sp³-hybridized carbons (Fsp3) is 0.429. The zero-order valence-electron chi connectivity index (χ0n) is 5.86. The lowest BCUT2D eigenvalue weighted by molar-refractivity contribution is 0.485. The zero-order valence-corrected chi connectivity index (χ0v) is 7.44. The second-order valence-corrected chi connectivity index (χ2v) is 2.83. The van der Waals surface area contributed by atoms with Gasteiger partial charge in [-0.15, -0.1) is 0 Å². The van der Waals surface area contributed by atoms with E-state index in [1.807, 2.05) is 6.07 Å². The minimum Gasteiger partial charge on any atom is -0.467 e. The van der Waals surface area contributed by atoms with Gasteiger partial charge < -0.3 is 9.73 Å². The zero-order chi connectivity index (χ0) is 7.40. The van der Waals surface area contributed by atoms with E-state index in [1.54, 1.807) is 6.26 Å². The van der Waals surface area contributed by atoms with Crippen LogP contribution in [0.15, 0.2) is 21.2 Å². The quantitative estimate of drug-likeness (QED) is 0.815. The molecule has 0 amide bonds. The molecule has 0 fully saturated rings. The minimum absolute atomic E-state index is 0.796. The number of hydrogen-bond acceptors (Lipinski definition) is 2. The van der Waals surface area contributed by atoms with E-state index in [-0.39, 0.29) is 0 Å². The molecule has 10 heavy (non-hydrogen) atoms. The molecular weight excluding hydrogens is 194 g/mol. The number of furan rings is 1. The molecule has 2 nitrogen and oxygen atoms in total. The first-order valence-electron chi connectivity index (χ1n) is 3.27. The van der Waals surface area contributed by atoms with E-state index in [2.05, 4.69) is 28.2 Å². The molecule has 0 aliphatic heterocycles. The standard InChI is InChI=1S/C7H10BrNO/c1-2-9-5-7-6(8)3-4-10-7/h3-4,9H,2,5H2,1H3. The first kappa shape index (κ1) is 7.82. The van der Waals surface area contributed by atoms with Crippen LogP contribution in [0, 0.1) is 0 Å². The summed E-state index contributed by atoms with van der Waals surface area (Å²) in [5.74, 6) is 0.960. The van der Waals surface area contributed by atoms with Gasteiger partial charge in [0.2, 0.25) is 0 Å². The van der Waals surface area contributed by atoms with Crippen molar-refractivity contribution >= 4 is 15.9 Å². The van der Waals surface area contributed by atoms with Gasteiger partial charge >= 0.3 is 0 Å². The molecule has 1 N–H and O–H groups in total. The maximum atomic E-state index is 5.16. The number of rotatable bonds is 3. The van der Waals surface area contributed by atoms with Gasteiger partial charge in [-0.1, -0.05) is 6.92 Å². The van der Waals surface area contributed by atoms with Crippen LogP contribution in [0.25, 0.3) is 0 Å². The van der Waals surface area contributed by atoms with Crippen LogP contribution in [-0.2, 0) is 6.54 Å². The summed E-state index contributed by atoms with van der Waals surface area (Å²) in [6, 6.07) is 1.90. The van der Waals surface area contributed by atoms with Gasteiger partial charge in [-0.3, -0.25) is 0 Å². The van der Waals surface area contributed by atoms with Crippen molar-refractivity contribution in [2.24, 2.45) is 0 Å². The Morgan fingerprint density at radius 1 is 1.70 bits per heavy atom. The Morgan fingerprint density at radius 3 is 3.00 bits per heavy atom. The maximum Gasteiger partial charge on any atom is 0.131 e. The minimum atomic E-state index is 0.796. The molecule has 3 heteroatoms. The Balaban J connectivity index is 2.49. The number of hydrogen-bond donors (Lipinski definition) is 1. The van der Waals surface area contributed by atoms with Gasteiger partial charge in [0.25, 0.3) is 0 Å². The molecular formula is C7H10BrNO. The molecule has 0 aliphatic rings. The third kappa shape index (κ3) is 1.85. The molecule has 56 valence electrons. The van der Waals surface area contributed by atoms with Crippen molar-refractivity contribution in [2.75, 3.05) is 6.54 Å². The summed E-state index contributed by atoms with van der Waals surface area (Å²) in [7, 11) is 0. The van der Waals surface area contributed by atoms with Gasteiger partial charge in [-0.05, 0) is 28.5 Å². The largest absolute Gasteiger partial charge is 0.467 e. The Kier molecular flexibility index (Phi) is 2.96. The van der Waals surface area contributed by atoms with Crippen molar-refractivity contribution < 1.29 is 4.42 Å². The topological polar surface area (TPSA) is 25.2 Å². The van der Waals surface area contributed by atoms with Gasteiger partial charge in [0.15, 0.2) is 0 Å².